The monoisotopic (exact) mass is 352 g/mol. The number of rotatable bonds is 5. The van der Waals surface area contributed by atoms with Crippen molar-refractivity contribution in [3.05, 3.63) is 24.2 Å². The maximum Gasteiger partial charge on any atom is 0.223 e. The summed E-state index contributed by atoms with van der Waals surface area (Å²) in [5, 5.41) is 20.0. The molecule has 2 saturated heterocycles. The Morgan fingerprint density at radius 2 is 2.08 bits per heavy atom. The van der Waals surface area contributed by atoms with Gasteiger partial charge in [0.15, 0.2) is 0 Å². The Bertz CT molecular complexity index is 542. The Balaban J connectivity index is 1.45. The molecule has 2 fully saturated rings. The van der Waals surface area contributed by atoms with Gasteiger partial charge in [0.2, 0.25) is 5.91 Å². The largest absolute Gasteiger partial charge is 0.469 e. The molecular formula is C18H28N2O5. The second-order valence-electron chi connectivity index (χ2n) is 7.02. The van der Waals surface area contributed by atoms with Crippen molar-refractivity contribution >= 4 is 5.91 Å². The topological polar surface area (TPSA) is 86.4 Å². The van der Waals surface area contributed by atoms with Crippen molar-refractivity contribution in [2.75, 3.05) is 33.4 Å². The third-order valence-corrected chi connectivity index (χ3v) is 5.45. The molecule has 1 aromatic rings. The fourth-order valence-corrected chi connectivity index (χ4v) is 3.76. The summed E-state index contributed by atoms with van der Waals surface area (Å²) in [5.74, 6) is 1.00. The van der Waals surface area contributed by atoms with E-state index in [9.17, 15) is 15.0 Å². The SMILES string of the molecule is CN(C1CCN(C(=O)CCc2ccco2)CC1)[C@@H]1COC[C@@H](O)[C@H]1O. The van der Waals surface area contributed by atoms with E-state index in [1.165, 1.54) is 0 Å². The van der Waals surface area contributed by atoms with Crippen LogP contribution in [0.3, 0.4) is 0 Å². The first-order chi connectivity index (χ1) is 12.1. The highest BCUT2D eigenvalue weighted by molar-refractivity contribution is 5.76. The summed E-state index contributed by atoms with van der Waals surface area (Å²) >= 11 is 0. The third kappa shape index (κ3) is 4.41. The molecule has 3 heterocycles. The number of ether oxygens (including phenoxy) is 1. The standard InChI is InChI=1S/C18H28N2O5/c1-19(15-11-24-12-16(21)18(15)23)13-6-8-20(9-7-13)17(22)5-4-14-3-2-10-25-14/h2-3,10,13,15-16,18,21,23H,4-9,11-12H2,1H3/t15-,16-,18+/m1/s1. The van der Waals surface area contributed by atoms with Gasteiger partial charge in [-0.15, -0.1) is 0 Å². The van der Waals surface area contributed by atoms with Crippen LogP contribution in [0.4, 0.5) is 0 Å². The number of nitrogens with zero attached hydrogens (tertiary/aromatic N) is 2. The predicted octanol–water partition coefficient (Wildman–Crippen LogP) is 0.256. The fraction of sp³-hybridized carbons (Fsp3) is 0.722. The van der Waals surface area contributed by atoms with E-state index >= 15 is 0 Å². The molecular weight excluding hydrogens is 324 g/mol. The maximum absolute atomic E-state index is 12.3. The summed E-state index contributed by atoms with van der Waals surface area (Å²) in [5.41, 5.74) is 0. The van der Waals surface area contributed by atoms with Crippen molar-refractivity contribution in [2.45, 2.75) is 50.0 Å². The maximum atomic E-state index is 12.3. The Hall–Kier alpha value is -1.41. The van der Waals surface area contributed by atoms with Crippen LogP contribution in [-0.2, 0) is 16.0 Å². The van der Waals surface area contributed by atoms with E-state index in [0.717, 1.165) is 31.7 Å². The van der Waals surface area contributed by atoms with E-state index in [1.54, 1.807) is 6.26 Å². The first-order valence-electron chi connectivity index (χ1n) is 9.02. The molecule has 0 aromatic carbocycles. The lowest BCUT2D eigenvalue weighted by molar-refractivity contribution is -0.141. The van der Waals surface area contributed by atoms with Gasteiger partial charge >= 0.3 is 0 Å². The molecule has 3 atom stereocenters. The first-order valence-corrected chi connectivity index (χ1v) is 9.02. The van der Waals surface area contributed by atoms with Gasteiger partial charge in [-0.2, -0.15) is 0 Å². The Labute approximate surface area is 148 Å². The van der Waals surface area contributed by atoms with E-state index in [2.05, 4.69) is 4.90 Å². The highest BCUT2D eigenvalue weighted by atomic mass is 16.5. The summed E-state index contributed by atoms with van der Waals surface area (Å²) in [6.07, 6.45) is 2.84. The van der Waals surface area contributed by atoms with E-state index in [4.69, 9.17) is 9.15 Å². The Morgan fingerprint density at radius 3 is 2.76 bits per heavy atom. The number of hydrogen-bond acceptors (Lipinski definition) is 6. The number of carbonyl (C=O) groups excluding carboxylic acids is 1. The quantitative estimate of drug-likeness (QED) is 0.790. The summed E-state index contributed by atoms with van der Waals surface area (Å²) < 4.78 is 10.7. The molecule has 0 saturated carbocycles. The van der Waals surface area contributed by atoms with E-state index in [-0.39, 0.29) is 24.6 Å². The number of piperidine rings is 1. The van der Waals surface area contributed by atoms with Crippen molar-refractivity contribution in [1.82, 2.24) is 9.80 Å². The zero-order valence-corrected chi connectivity index (χ0v) is 14.7. The van der Waals surface area contributed by atoms with Gasteiger partial charge in [0.05, 0.1) is 31.6 Å². The second kappa shape index (κ2) is 8.31. The second-order valence-corrected chi connectivity index (χ2v) is 7.02. The van der Waals surface area contributed by atoms with Crippen LogP contribution in [0.5, 0.6) is 0 Å². The molecule has 0 radical (unpaired) electrons. The molecule has 3 rings (SSSR count). The van der Waals surface area contributed by atoms with Gasteiger partial charge in [-0.05, 0) is 32.0 Å². The fourth-order valence-electron chi connectivity index (χ4n) is 3.76. The molecule has 0 aliphatic carbocycles. The van der Waals surface area contributed by atoms with Gasteiger partial charge < -0.3 is 24.3 Å². The van der Waals surface area contributed by atoms with Crippen molar-refractivity contribution in [3.8, 4) is 0 Å². The molecule has 1 aromatic heterocycles. The zero-order valence-electron chi connectivity index (χ0n) is 14.7. The van der Waals surface area contributed by atoms with Gasteiger partial charge in [-0.1, -0.05) is 0 Å². The number of likely N-dealkylation sites (N-methyl/N-ethyl adjacent to an activating group) is 1. The number of carbonyl (C=O) groups is 1. The van der Waals surface area contributed by atoms with Crippen molar-refractivity contribution < 1.29 is 24.2 Å². The van der Waals surface area contributed by atoms with Crippen LogP contribution >= 0.6 is 0 Å². The minimum atomic E-state index is -0.829. The van der Waals surface area contributed by atoms with Gasteiger partial charge in [-0.25, -0.2) is 0 Å². The molecule has 7 heteroatoms. The minimum absolute atomic E-state index is 0.161. The smallest absolute Gasteiger partial charge is 0.223 e. The third-order valence-electron chi connectivity index (χ3n) is 5.45. The predicted molar refractivity (Wildman–Crippen MR) is 91.0 cm³/mol. The number of aryl methyl sites for hydroxylation is 1. The summed E-state index contributed by atoms with van der Waals surface area (Å²) in [6.45, 7) is 2.06. The molecule has 25 heavy (non-hydrogen) atoms. The molecule has 1 amide bonds. The average Bonchev–Trinajstić information content (AvgIpc) is 3.15. The molecule has 2 aliphatic rings. The summed E-state index contributed by atoms with van der Waals surface area (Å²) in [6, 6.07) is 3.81. The van der Waals surface area contributed by atoms with E-state index in [1.807, 2.05) is 24.1 Å². The van der Waals surface area contributed by atoms with Gasteiger partial charge in [0.1, 0.15) is 11.9 Å². The molecule has 7 nitrogen and oxygen atoms in total. The minimum Gasteiger partial charge on any atom is -0.469 e. The van der Waals surface area contributed by atoms with E-state index < -0.39 is 12.2 Å². The highest BCUT2D eigenvalue weighted by Crippen LogP contribution is 2.22. The molecule has 0 spiro atoms. The number of aliphatic hydroxyl groups is 2. The van der Waals surface area contributed by atoms with Gasteiger partial charge in [-0.3, -0.25) is 9.69 Å². The number of furan rings is 1. The van der Waals surface area contributed by atoms with E-state index in [0.29, 0.717) is 19.4 Å². The first kappa shape index (κ1) is 18.4. The van der Waals surface area contributed by atoms with Crippen molar-refractivity contribution in [2.24, 2.45) is 0 Å². The van der Waals surface area contributed by atoms with Crippen LogP contribution in [0.1, 0.15) is 25.0 Å². The van der Waals surface area contributed by atoms with Crippen LogP contribution < -0.4 is 0 Å². The van der Waals surface area contributed by atoms with Gasteiger partial charge in [0.25, 0.3) is 0 Å². The lowest BCUT2D eigenvalue weighted by Gasteiger charge is -2.44. The molecule has 2 aliphatic heterocycles. The van der Waals surface area contributed by atoms with Crippen LogP contribution in [0.25, 0.3) is 0 Å². The molecule has 0 unspecified atom stereocenters. The number of hydrogen-bond donors (Lipinski definition) is 2. The average molecular weight is 352 g/mol. The normalized spacial score (nSPS) is 28.5. The number of aliphatic hydroxyl groups excluding tert-OH is 2. The van der Waals surface area contributed by atoms with Gasteiger partial charge in [0, 0.05) is 32.0 Å². The van der Waals surface area contributed by atoms with Crippen LogP contribution in [-0.4, -0.2) is 83.6 Å². The lowest BCUT2D eigenvalue weighted by Crippen LogP contribution is -2.58. The number of amides is 1. The van der Waals surface area contributed by atoms with Crippen LogP contribution in [0, 0.1) is 0 Å². The summed E-state index contributed by atoms with van der Waals surface area (Å²) in [7, 11) is 1.97. The molecule has 0 bridgehead atoms. The summed E-state index contributed by atoms with van der Waals surface area (Å²) in [4.78, 5) is 16.4. The highest BCUT2D eigenvalue weighted by Gasteiger charge is 2.37. The van der Waals surface area contributed by atoms with Crippen LogP contribution in [0.2, 0.25) is 0 Å². The Kier molecular flexibility index (Phi) is 6.11. The zero-order chi connectivity index (χ0) is 17.8. The Morgan fingerprint density at radius 1 is 1.32 bits per heavy atom. The lowest BCUT2D eigenvalue weighted by atomic mass is 9.97. The molecule has 2 N–H and O–H groups in total. The number of likely N-dealkylation sites (tertiary alicyclic amines) is 1. The van der Waals surface area contributed by atoms with Crippen LogP contribution in [0.15, 0.2) is 22.8 Å². The van der Waals surface area contributed by atoms with Crippen molar-refractivity contribution in [3.63, 3.8) is 0 Å². The van der Waals surface area contributed by atoms with Crippen molar-refractivity contribution in [1.29, 1.82) is 0 Å². The molecule has 140 valence electrons.